The standard InChI is InChI=1S/C11H12F2O3/c1-2-9(10(14)15)7-3-5-8(6-4-7)16-11(12)13/h3-6,9,11H,2H2,1H3,(H,14,15). The maximum absolute atomic E-state index is 11.9. The van der Waals surface area contributed by atoms with Gasteiger partial charge in [-0.05, 0) is 24.1 Å². The number of ether oxygens (including phenoxy) is 1. The van der Waals surface area contributed by atoms with E-state index in [4.69, 9.17) is 5.11 Å². The van der Waals surface area contributed by atoms with E-state index >= 15 is 0 Å². The lowest BCUT2D eigenvalue weighted by Gasteiger charge is -2.11. The molecule has 0 heterocycles. The Labute approximate surface area is 91.7 Å². The molecule has 16 heavy (non-hydrogen) atoms. The molecule has 0 aliphatic carbocycles. The second kappa shape index (κ2) is 5.44. The van der Waals surface area contributed by atoms with Crippen LogP contribution in [0.1, 0.15) is 24.8 Å². The number of aliphatic carboxylic acids is 1. The average molecular weight is 230 g/mol. The minimum atomic E-state index is -2.87. The van der Waals surface area contributed by atoms with Gasteiger partial charge in [-0.15, -0.1) is 0 Å². The van der Waals surface area contributed by atoms with Crippen LogP contribution in [0.5, 0.6) is 5.75 Å². The lowest BCUT2D eigenvalue weighted by molar-refractivity contribution is -0.138. The third kappa shape index (κ3) is 3.18. The van der Waals surface area contributed by atoms with E-state index in [1.807, 2.05) is 0 Å². The molecule has 0 spiro atoms. The first-order chi connectivity index (χ1) is 7.54. The molecular formula is C11H12F2O3. The second-order valence-electron chi connectivity index (χ2n) is 3.25. The summed E-state index contributed by atoms with van der Waals surface area (Å²) >= 11 is 0. The molecule has 1 unspecified atom stereocenters. The monoisotopic (exact) mass is 230 g/mol. The van der Waals surface area contributed by atoms with Crippen LogP contribution >= 0.6 is 0 Å². The van der Waals surface area contributed by atoms with Crippen LogP contribution < -0.4 is 4.74 Å². The Morgan fingerprint density at radius 1 is 1.38 bits per heavy atom. The Morgan fingerprint density at radius 2 is 1.94 bits per heavy atom. The summed E-state index contributed by atoms with van der Waals surface area (Å²) < 4.78 is 27.9. The predicted molar refractivity (Wildman–Crippen MR) is 53.7 cm³/mol. The fourth-order valence-corrected chi connectivity index (χ4v) is 1.43. The number of carboxylic acids is 1. The molecule has 1 aromatic carbocycles. The zero-order valence-electron chi connectivity index (χ0n) is 8.69. The summed E-state index contributed by atoms with van der Waals surface area (Å²) in [4.78, 5) is 10.8. The average Bonchev–Trinajstić information content (AvgIpc) is 2.20. The van der Waals surface area contributed by atoms with Crippen LogP contribution in [0.4, 0.5) is 8.78 Å². The number of halogens is 2. The van der Waals surface area contributed by atoms with Gasteiger partial charge in [-0.1, -0.05) is 19.1 Å². The van der Waals surface area contributed by atoms with Crippen LogP contribution in [0.3, 0.4) is 0 Å². The van der Waals surface area contributed by atoms with Gasteiger partial charge in [0.15, 0.2) is 0 Å². The van der Waals surface area contributed by atoms with Gasteiger partial charge in [0.25, 0.3) is 0 Å². The van der Waals surface area contributed by atoms with Gasteiger partial charge in [0.05, 0.1) is 5.92 Å². The number of benzene rings is 1. The Hall–Kier alpha value is -1.65. The molecule has 88 valence electrons. The molecule has 0 radical (unpaired) electrons. The highest BCUT2D eigenvalue weighted by atomic mass is 19.3. The lowest BCUT2D eigenvalue weighted by atomic mass is 9.97. The minimum Gasteiger partial charge on any atom is -0.481 e. The van der Waals surface area contributed by atoms with Crippen molar-refractivity contribution in [3.63, 3.8) is 0 Å². The van der Waals surface area contributed by atoms with Crippen molar-refractivity contribution in [3.05, 3.63) is 29.8 Å². The van der Waals surface area contributed by atoms with E-state index in [9.17, 15) is 13.6 Å². The predicted octanol–water partition coefficient (Wildman–Crippen LogP) is 2.87. The summed E-state index contributed by atoms with van der Waals surface area (Å²) in [7, 11) is 0. The quantitative estimate of drug-likeness (QED) is 0.845. The van der Waals surface area contributed by atoms with Crippen molar-refractivity contribution in [2.45, 2.75) is 25.9 Å². The molecule has 1 N–H and O–H groups in total. The van der Waals surface area contributed by atoms with Crippen LogP contribution in [0.2, 0.25) is 0 Å². The van der Waals surface area contributed by atoms with Crippen molar-refractivity contribution in [2.24, 2.45) is 0 Å². The zero-order chi connectivity index (χ0) is 12.1. The molecule has 3 nitrogen and oxygen atoms in total. The molecule has 0 aliphatic rings. The van der Waals surface area contributed by atoms with Gasteiger partial charge in [0.1, 0.15) is 5.75 Å². The van der Waals surface area contributed by atoms with E-state index in [2.05, 4.69) is 4.74 Å². The summed E-state index contributed by atoms with van der Waals surface area (Å²) in [5, 5.41) is 8.89. The van der Waals surface area contributed by atoms with Crippen LogP contribution in [0.25, 0.3) is 0 Å². The number of hydrogen-bond donors (Lipinski definition) is 1. The number of carboxylic acid groups (broad SMARTS) is 1. The van der Waals surface area contributed by atoms with Gasteiger partial charge in [-0.3, -0.25) is 4.79 Å². The van der Waals surface area contributed by atoms with Gasteiger partial charge in [-0.25, -0.2) is 0 Å². The smallest absolute Gasteiger partial charge is 0.387 e. The molecule has 0 saturated heterocycles. The van der Waals surface area contributed by atoms with E-state index in [-0.39, 0.29) is 5.75 Å². The van der Waals surface area contributed by atoms with Gasteiger partial charge in [0, 0.05) is 0 Å². The number of alkyl halides is 2. The van der Waals surface area contributed by atoms with E-state index in [1.54, 1.807) is 6.92 Å². The summed E-state index contributed by atoms with van der Waals surface area (Å²) in [6.45, 7) is -1.12. The SMILES string of the molecule is CCC(C(=O)O)c1ccc(OC(F)F)cc1. The van der Waals surface area contributed by atoms with Crippen molar-refractivity contribution >= 4 is 5.97 Å². The molecular weight excluding hydrogens is 218 g/mol. The second-order valence-corrected chi connectivity index (χ2v) is 3.25. The molecule has 0 aromatic heterocycles. The van der Waals surface area contributed by atoms with Crippen molar-refractivity contribution in [1.29, 1.82) is 0 Å². The molecule has 0 saturated carbocycles. The lowest BCUT2D eigenvalue weighted by Crippen LogP contribution is -2.10. The Morgan fingerprint density at radius 3 is 2.31 bits per heavy atom. The number of rotatable bonds is 5. The highest BCUT2D eigenvalue weighted by Gasteiger charge is 2.17. The van der Waals surface area contributed by atoms with E-state index < -0.39 is 18.5 Å². The maximum atomic E-state index is 11.9. The van der Waals surface area contributed by atoms with E-state index in [0.29, 0.717) is 12.0 Å². The number of hydrogen-bond acceptors (Lipinski definition) is 2. The highest BCUT2D eigenvalue weighted by Crippen LogP contribution is 2.23. The Bertz CT molecular complexity index is 349. The summed E-state index contributed by atoms with van der Waals surface area (Å²) in [5.41, 5.74) is 0.580. The summed E-state index contributed by atoms with van der Waals surface area (Å²) in [5.74, 6) is -1.51. The molecule has 1 atom stereocenters. The molecule has 0 aliphatic heterocycles. The first-order valence-electron chi connectivity index (χ1n) is 4.82. The summed E-state index contributed by atoms with van der Waals surface area (Å²) in [6.07, 6.45) is 0.449. The highest BCUT2D eigenvalue weighted by molar-refractivity contribution is 5.76. The molecule has 0 bridgehead atoms. The summed E-state index contributed by atoms with van der Waals surface area (Å²) in [6, 6.07) is 5.65. The van der Waals surface area contributed by atoms with Gasteiger partial charge in [0.2, 0.25) is 0 Å². The molecule has 1 rings (SSSR count). The molecule has 0 fully saturated rings. The van der Waals surface area contributed by atoms with Crippen molar-refractivity contribution in [3.8, 4) is 5.75 Å². The Balaban J connectivity index is 2.81. The maximum Gasteiger partial charge on any atom is 0.387 e. The van der Waals surface area contributed by atoms with Crippen LogP contribution in [-0.4, -0.2) is 17.7 Å². The van der Waals surface area contributed by atoms with Gasteiger partial charge >= 0.3 is 12.6 Å². The van der Waals surface area contributed by atoms with Crippen LogP contribution in [-0.2, 0) is 4.79 Å². The van der Waals surface area contributed by atoms with Crippen molar-refractivity contribution < 1.29 is 23.4 Å². The first kappa shape index (κ1) is 12.4. The molecule has 1 aromatic rings. The zero-order valence-corrected chi connectivity index (χ0v) is 8.69. The van der Waals surface area contributed by atoms with Gasteiger partial charge < -0.3 is 9.84 Å². The molecule has 5 heteroatoms. The van der Waals surface area contributed by atoms with Crippen LogP contribution in [0, 0.1) is 0 Å². The van der Waals surface area contributed by atoms with Crippen molar-refractivity contribution in [2.75, 3.05) is 0 Å². The fourth-order valence-electron chi connectivity index (χ4n) is 1.43. The fraction of sp³-hybridized carbons (Fsp3) is 0.364. The van der Waals surface area contributed by atoms with Crippen molar-refractivity contribution in [1.82, 2.24) is 0 Å². The third-order valence-corrected chi connectivity index (χ3v) is 2.21. The normalized spacial score (nSPS) is 12.5. The first-order valence-corrected chi connectivity index (χ1v) is 4.82. The van der Waals surface area contributed by atoms with Gasteiger partial charge in [-0.2, -0.15) is 8.78 Å². The number of carbonyl (C=O) groups is 1. The topological polar surface area (TPSA) is 46.5 Å². The minimum absolute atomic E-state index is 0.0268. The third-order valence-electron chi connectivity index (χ3n) is 2.21. The van der Waals surface area contributed by atoms with E-state index in [0.717, 1.165) is 0 Å². The van der Waals surface area contributed by atoms with Crippen LogP contribution in [0.15, 0.2) is 24.3 Å². The molecule has 0 amide bonds. The largest absolute Gasteiger partial charge is 0.481 e. The Kier molecular flexibility index (Phi) is 4.22. The van der Waals surface area contributed by atoms with E-state index in [1.165, 1.54) is 24.3 Å².